The Labute approximate surface area is 127 Å². The van der Waals surface area contributed by atoms with E-state index in [0.29, 0.717) is 11.1 Å². The number of aliphatic hydroxyl groups is 1. The van der Waals surface area contributed by atoms with Crippen LogP contribution in [0.3, 0.4) is 0 Å². The molecule has 1 aliphatic carbocycles. The molecule has 1 heterocycles. The highest BCUT2D eigenvalue weighted by Gasteiger charge is 2.34. The summed E-state index contributed by atoms with van der Waals surface area (Å²) in [5.41, 5.74) is 0.921. The molecule has 6 heteroatoms. The molecule has 5 nitrogen and oxygen atoms in total. The van der Waals surface area contributed by atoms with Gasteiger partial charge in [-0.1, -0.05) is 13.8 Å². The van der Waals surface area contributed by atoms with Gasteiger partial charge >= 0.3 is 0 Å². The maximum Gasteiger partial charge on any atom is 0.244 e. The van der Waals surface area contributed by atoms with E-state index in [1.54, 1.807) is 30.9 Å². The van der Waals surface area contributed by atoms with Crippen molar-refractivity contribution in [2.24, 2.45) is 12.5 Å². The largest absolute Gasteiger partial charge is 0.390 e. The zero-order chi connectivity index (χ0) is 15.8. The van der Waals surface area contributed by atoms with Crippen LogP contribution in [0.5, 0.6) is 0 Å². The molecular formula is C15H26N2O3S. The highest BCUT2D eigenvalue weighted by atomic mass is 32.2. The summed E-state index contributed by atoms with van der Waals surface area (Å²) in [5.74, 6) is 0. The summed E-state index contributed by atoms with van der Waals surface area (Å²) < 4.78 is 28.6. The molecule has 120 valence electrons. The maximum atomic E-state index is 12.7. The van der Waals surface area contributed by atoms with E-state index in [9.17, 15) is 13.5 Å². The lowest BCUT2D eigenvalue weighted by Gasteiger charge is -2.37. The summed E-state index contributed by atoms with van der Waals surface area (Å²) in [7, 11) is -0.0719. The number of hydrogen-bond acceptors (Lipinski definition) is 3. The molecule has 1 aliphatic rings. The highest BCUT2D eigenvalue weighted by Crippen LogP contribution is 2.37. The van der Waals surface area contributed by atoms with Gasteiger partial charge < -0.3 is 9.67 Å². The standard InChI is InChI=1S/C15H26N2O3S/c1-15(2)7-5-12(6-8-15)17(4)21(19,20)14-9-13(11-18)16(3)10-14/h9-10,12,18H,5-8,11H2,1-4H3. The third-order valence-electron chi connectivity index (χ3n) is 4.74. The molecule has 0 unspecified atom stereocenters. The minimum Gasteiger partial charge on any atom is -0.390 e. The summed E-state index contributed by atoms with van der Waals surface area (Å²) in [6.45, 7) is 4.32. The molecule has 1 fully saturated rings. The number of rotatable bonds is 4. The Hall–Kier alpha value is -0.850. The monoisotopic (exact) mass is 314 g/mol. The first-order valence-corrected chi connectivity index (χ1v) is 8.85. The van der Waals surface area contributed by atoms with Gasteiger partial charge in [0.05, 0.1) is 6.61 Å². The van der Waals surface area contributed by atoms with Crippen LogP contribution in [-0.2, 0) is 23.7 Å². The molecule has 0 atom stereocenters. The Bertz CT molecular complexity index is 594. The molecule has 0 spiro atoms. The van der Waals surface area contributed by atoms with Crippen LogP contribution in [0.4, 0.5) is 0 Å². The zero-order valence-corrected chi connectivity index (χ0v) is 14.2. The second-order valence-corrected chi connectivity index (χ2v) is 8.85. The fourth-order valence-corrected chi connectivity index (χ4v) is 4.50. The summed E-state index contributed by atoms with van der Waals surface area (Å²) >= 11 is 0. The van der Waals surface area contributed by atoms with Gasteiger partial charge in [-0.2, -0.15) is 4.31 Å². The van der Waals surface area contributed by atoms with Gasteiger partial charge in [0.2, 0.25) is 10.0 Å². The Morgan fingerprint density at radius 2 is 1.95 bits per heavy atom. The van der Waals surface area contributed by atoms with Crippen LogP contribution in [0.1, 0.15) is 45.2 Å². The molecule has 1 aromatic rings. The van der Waals surface area contributed by atoms with E-state index >= 15 is 0 Å². The van der Waals surface area contributed by atoms with Crippen molar-refractivity contribution in [1.29, 1.82) is 0 Å². The van der Waals surface area contributed by atoms with Gasteiger partial charge in [-0.05, 0) is 37.2 Å². The molecular weight excluding hydrogens is 288 g/mol. The van der Waals surface area contributed by atoms with Crippen LogP contribution in [0.15, 0.2) is 17.2 Å². The van der Waals surface area contributed by atoms with Gasteiger partial charge in [-0.3, -0.25) is 0 Å². The first-order valence-electron chi connectivity index (χ1n) is 7.41. The van der Waals surface area contributed by atoms with E-state index in [4.69, 9.17) is 0 Å². The van der Waals surface area contributed by atoms with Gasteiger partial charge in [0.15, 0.2) is 0 Å². The lowest BCUT2D eigenvalue weighted by atomic mass is 9.76. The minimum atomic E-state index is -3.49. The van der Waals surface area contributed by atoms with Crippen molar-refractivity contribution in [2.75, 3.05) is 7.05 Å². The molecule has 1 N–H and O–H groups in total. The van der Waals surface area contributed by atoms with Crippen LogP contribution in [-0.4, -0.2) is 35.5 Å². The quantitative estimate of drug-likeness (QED) is 0.926. The smallest absolute Gasteiger partial charge is 0.244 e. The molecule has 1 aromatic heterocycles. The average Bonchev–Trinajstić information content (AvgIpc) is 2.80. The van der Waals surface area contributed by atoms with E-state index in [0.717, 1.165) is 25.7 Å². The minimum absolute atomic E-state index is 0.0702. The van der Waals surface area contributed by atoms with Crippen molar-refractivity contribution in [2.45, 2.75) is 57.1 Å². The first kappa shape index (κ1) is 16.5. The number of hydrogen-bond donors (Lipinski definition) is 1. The predicted molar refractivity (Wildman–Crippen MR) is 82.3 cm³/mol. The lowest BCUT2D eigenvalue weighted by molar-refractivity contribution is 0.174. The summed E-state index contributed by atoms with van der Waals surface area (Å²) in [4.78, 5) is 0.265. The Morgan fingerprint density at radius 1 is 1.38 bits per heavy atom. The number of aryl methyl sites for hydroxylation is 1. The Balaban J connectivity index is 2.19. The molecule has 0 saturated heterocycles. The van der Waals surface area contributed by atoms with Gasteiger partial charge in [-0.15, -0.1) is 0 Å². The molecule has 2 rings (SSSR count). The van der Waals surface area contributed by atoms with E-state index in [-0.39, 0.29) is 17.5 Å². The fourth-order valence-electron chi connectivity index (χ4n) is 2.99. The fraction of sp³-hybridized carbons (Fsp3) is 0.733. The molecule has 1 saturated carbocycles. The van der Waals surface area contributed by atoms with Gasteiger partial charge in [-0.25, -0.2) is 8.42 Å². The third kappa shape index (κ3) is 3.33. The van der Waals surface area contributed by atoms with Crippen LogP contribution in [0.2, 0.25) is 0 Å². The zero-order valence-electron chi connectivity index (χ0n) is 13.3. The van der Waals surface area contributed by atoms with Crippen molar-refractivity contribution in [3.05, 3.63) is 18.0 Å². The summed E-state index contributed by atoms with van der Waals surface area (Å²) in [5, 5.41) is 9.21. The van der Waals surface area contributed by atoms with Crippen LogP contribution < -0.4 is 0 Å². The second-order valence-electron chi connectivity index (χ2n) is 6.85. The van der Waals surface area contributed by atoms with Gasteiger partial charge in [0.1, 0.15) is 4.90 Å². The second kappa shape index (κ2) is 5.74. The van der Waals surface area contributed by atoms with Crippen LogP contribution in [0, 0.1) is 5.41 Å². The molecule has 21 heavy (non-hydrogen) atoms. The van der Waals surface area contributed by atoms with Crippen LogP contribution in [0.25, 0.3) is 0 Å². The van der Waals surface area contributed by atoms with Gasteiger partial charge in [0.25, 0.3) is 0 Å². The molecule has 0 bridgehead atoms. The van der Waals surface area contributed by atoms with Crippen molar-refractivity contribution < 1.29 is 13.5 Å². The topological polar surface area (TPSA) is 62.5 Å². The van der Waals surface area contributed by atoms with E-state index in [1.165, 1.54) is 4.31 Å². The van der Waals surface area contributed by atoms with E-state index < -0.39 is 10.0 Å². The number of aliphatic hydroxyl groups excluding tert-OH is 1. The summed E-state index contributed by atoms with van der Waals surface area (Å²) in [6.07, 6.45) is 5.48. The van der Waals surface area contributed by atoms with Crippen molar-refractivity contribution >= 4 is 10.0 Å². The molecule has 0 aromatic carbocycles. The molecule has 0 radical (unpaired) electrons. The number of sulfonamides is 1. The number of nitrogens with zero attached hydrogens (tertiary/aromatic N) is 2. The third-order valence-corrected chi connectivity index (χ3v) is 6.62. The van der Waals surface area contributed by atoms with Crippen molar-refractivity contribution in [1.82, 2.24) is 8.87 Å². The van der Waals surface area contributed by atoms with E-state index in [2.05, 4.69) is 13.8 Å². The maximum absolute atomic E-state index is 12.7. The van der Waals surface area contributed by atoms with Crippen molar-refractivity contribution in [3.8, 4) is 0 Å². The molecule has 0 amide bonds. The Morgan fingerprint density at radius 3 is 2.43 bits per heavy atom. The SMILES string of the molecule is CN(C1CCC(C)(C)CC1)S(=O)(=O)c1cc(CO)n(C)c1. The number of aromatic nitrogens is 1. The first-order chi connectivity index (χ1) is 9.67. The predicted octanol–water partition coefficient (Wildman–Crippen LogP) is 2.11. The summed E-state index contributed by atoms with van der Waals surface area (Å²) in [6, 6.07) is 1.62. The normalized spacial score (nSPS) is 20.1. The highest BCUT2D eigenvalue weighted by molar-refractivity contribution is 7.89. The van der Waals surface area contributed by atoms with Crippen molar-refractivity contribution in [3.63, 3.8) is 0 Å². The Kier molecular flexibility index (Phi) is 4.52. The molecule has 0 aliphatic heterocycles. The van der Waals surface area contributed by atoms with E-state index in [1.807, 2.05) is 0 Å². The van der Waals surface area contributed by atoms with Gasteiger partial charge in [0, 0.05) is 32.0 Å². The average molecular weight is 314 g/mol. The lowest BCUT2D eigenvalue weighted by Crippen LogP contribution is -2.40. The van der Waals surface area contributed by atoms with Crippen LogP contribution >= 0.6 is 0 Å².